The van der Waals surface area contributed by atoms with E-state index in [0.717, 1.165) is 28.6 Å². The lowest BCUT2D eigenvalue weighted by Crippen LogP contribution is -2.48. The third kappa shape index (κ3) is 5.00. The molecule has 0 unspecified atom stereocenters. The number of carboxylic acid groups (broad SMARTS) is 1. The van der Waals surface area contributed by atoms with Crippen LogP contribution in [-0.4, -0.2) is 39.2 Å². The maximum absolute atomic E-state index is 15.7. The highest BCUT2D eigenvalue weighted by Gasteiger charge is 2.41. The van der Waals surface area contributed by atoms with Crippen molar-refractivity contribution < 1.29 is 27.8 Å². The fourth-order valence-corrected chi connectivity index (χ4v) is 5.31. The zero-order valence-electron chi connectivity index (χ0n) is 21.4. The standard InChI is InChI=1S/C30H29F3N2O3/c1-17-12-22-21-6-4-5-7-25(21)34-27(22)28(35(17)16-30(2,3)33)26-23(31)13-20(14-24(26)32)38-15-18-8-10-19(11-9-18)29(36)37/h4-11,13-14,17,28,34H,12,15-16H2,1-3H3,(H,36,37)/t17-,28-/m1/s1. The summed E-state index contributed by atoms with van der Waals surface area (Å²) in [5, 5.41) is 10.0. The molecule has 5 rings (SSSR count). The number of carboxylic acids is 1. The van der Waals surface area contributed by atoms with Gasteiger partial charge in [-0.05, 0) is 56.5 Å². The molecule has 0 spiro atoms. The number of alkyl halides is 1. The van der Waals surface area contributed by atoms with Crippen molar-refractivity contribution in [1.29, 1.82) is 0 Å². The van der Waals surface area contributed by atoms with E-state index in [0.29, 0.717) is 17.7 Å². The molecule has 2 N–H and O–H groups in total. The Morgan fingerprint density at radius 1 is 1.11 bits per heavy atom. The maximum Gasteiger partial charge on any atom is 0.335 e. The first kappa shape index (κ1) is 25.9. The highest BCUT2D eigenvalue weighted by molar-refractivity contribution is 5.87. The van der Waals surface area contributed by atoms with Crippen molar-refractivity contribution in [2.75, 3.05) is 6.54 Å². The van der Waals surface area contributed by atoms with Crippen molar-refractivity contribution in [3.8, 4) is 5.75 Å². The lowest BCUT2D eigenvalue weighted by atomic mass is 9.87. The molecule has 1 aliphatic heterocycles. The molecule has 0 saturated carbocycles. The first-order valence-corrected chi connectivity index (χ1v) is 12.5. The molecule has 198 valence electrons. The number of carbonyl (C=O) groups is 1. The molecule has 0 saturated heterocycles. The van der Waals surface area contributed by atoms with Gasteiger partial charge in [-0.15, -0.1) is 0 Å². The zero-order valence-corrected chi connectivity index (χ0v) is 21.4. The lowest BCUT2D eigenvalue weighted by molar-refractivity contribution is 0.0642. The minimum atomic E-state index is -1.58. The van der Waals surface area contributed by atoms with E-state index in [4.69, 9.17) is 9.84 Å². The molecule has 8 heteroatoms. The normalized spacial score (nSPS) is 17.9. The number of aromatic carboxylic acids is 1. The molecule has 0 radical (unpaired) electrons. The Morgan fingerprint density at radius 3 is 2.39 bits per heavy atom. The molecule has 5 nitrogen and oxygen atoms in total. The zero-order chi connectivity index (χ0) is 27.2. The average molecular weight is 523 g/mol. The number of aromatic nitrogens is 1. The predicted octanol–water partition coefficient (Wildman–Crippen LogP) is 6.81. The van der Waals surface area contributed by atoms with Crippen LogP contribution in [0.4, 0.5) is 13.2 Å². The summed E-state index contributed by atoms with van der Waals surface area (Å²) in [4.78, 5) is 16.2. The van der Waals surface area contributed by atoms with Crippen molar-refractivity contribution in [1.82, 2.24) is 9.88 Å². The van der Waals surface area contributed by atoms with Gasteiger partial charge in [-0.3, -0.25) is 4.90 Å². The fraction of sp³-hybridized carbons (Fsp3) is 0.300. The van der Waals surface area contributed by atoms with Crippen molar-refractivity contribution in [2.24, 2.45) is 0 Å². The number of nitrogens with one attached hydrogen (secondary N) is 1. The van der Waals surface area contributed by atoms with Crippen molar-refractivity contribution in [3.63, 3.8) is 0 Å². The second-order valence-electron chi connectivity index (χ2n) is 10.5. The van der Waals surface area contributed by atoms with Gasteiger partial charge in [0.05, 0.1) is 11.6 Å². The summed E-state index contributed by atoms with van der Waals surface area (Å²) < 4.78 is 52.0. The van der Waals surface area contributed by atoms with Crippen molar-refractivity contribution in [2.45, 2.75) is 51.6 Å². The molecule has 3 aromatic carbocycles. The van der Waals surface area contributed by atoms with E-state index >= 15 is 8.78 Å². The molecule has 2 heterocycles. The number of benzene rings is 3. The van der Waals surface area contributed by atoms with Crippen LogP contribution in [0, 0.1) is 11.6 Å². The second kappa shape index (κ2) is 9.83. The number of para-hydroxylation sites is 1. The number of halogens is 3. The molecule has 4 aromatic rings. The fourth-order valence-electron chi connectivity index (χ4n) is 5.31. The smallest absolute Gasteiger partial charge is 0.335 e. The van der Waals surface area contributed by atoms with E-state index in [2.05, 4.69) is 4.98 Å². The van der Waals surface area contributed by atoms with Crippen LogP contribution in [0.25, 0.3) is 10.9 Å². The van der Waals surface area contributed by atoms with Gasteiger partial charge in [0.15, 0.2) is 0 Å². The van der Waals surface area contributed by atoms with Crippen LogP contribution < -0.4 is 4.74 Å². The van der Waals surface area contributed by atoms with Crippen molar-refractivity contribution >= 4 is 16.9 Å². The molecule has 2 atom stereocenters. The van der Waals surface area contributed by atoms with Gasteiger partial charge in [0.2, 0.25) is 0 Å². The molecule has 0 amide bonds. The monoisotopic (exact) mass is 522 g/mol. The molecule has 1 aromatic heterocycles. The lowest BCUT2D eigenvalue weighted by Gasteiger charge is -2.43. The Balaban J connectivity index is 1.52. The Morgan fingerprint density at radius 2 is 1.76 bits per heavy atom. The number of hydrogen-bond acceptors (Lipinski definition) is 3. The van der Waals surface area contributed by atoms with Gasteiger partial charge >= 0.3 is 5.97 Å². The van der Waals surface area contributed by atoms with Gasteiger partial charge in [-0.2, -0.15) is 0 Å². The van der Waals surface area contributed by atoms with Crippen LogP contribution in [0.5, 0.6) is 5.75 Å². The first-order chi connectivity index (χ1) is 18.0. The third-order valence-electron chi connectivity index (χ3n) is 7.01. The van der Waals surface area contributed by atoms with Gasteiger partial charge in [0, 0.05) is 46.9 Å². The van der Waals surface area contributed by atoms with Crippen LogP contribution in [0.1, 0.15) is 59.6 Å². The number of hydrogen-bond donors (Lipinski definition) is 2. The largest absolute Gasteiger partial charge is 0.489 e. The van der Waals surface area contributed by atoms with Crippen LogP contribution in [-0.2, 0) is 13.0 Å². The molecule has 0 bridgehead atoms. The van der Waals surface area contributed by atoms with E-state index < -0.39 is 29.3 Å². The second-order valence-corrected chi connectivity index (χ2v) is 10.5. The number of ether oxygens (including phenoxy) is 1. The summed E-state index contributed by atoms with van der Waals surface area (Å²) in [6.07, 6.45) is 0.622. The highest BCUT2D eigenvalue weighted by atomic mass is 19.1. The quantitative estimate of drug-likeness (QED) is 0.280. The Kier molecular flexibility index (Phi) is 6.69. The SMILES string of the molecule is C[C@@H]1Cc2c([nH]c3ccccc23)[C@@H](c2c(F)cc(OCc3ccc(C(=O)O)cc3)cc2F)N1CC(C)(C)F. The highest BCUT2D eigenvalue weighted by Crippen LogP contribution is 2.43. The van der Waals surface area contributed by atoms with Gasteiger partial charge < -0.3 is 14.8 Å². The topological polar surface area (TPSA) is 65.6 Å². The molecule has 38 heavy (non-hydrogen) atoms. The molecule has 1 aliphatic rings. The maximum atomic E-state index is 15.7. The summed E-state index contributed by atoms with van der Waals surface area (Å²) in [7, 11) is 0. The van der Waals surface area contributed by atoms with E-state index in [-0.39, 0.29) is 36.1 Å². The average Bonchev–Trinajstić information content (AvgIpc) is 3.21. The molecule has 0 aliphatic carbocycles. The van der Waals surface area contributed by atoms with Gasteiger partial charge in [0.1, 0.15) is 29.7 Å². The van der Waals surface area contributed by atoms with Gasteiger partial charge in [-0.25, -0.2) is 18.0 Å². The van der Waals surface area contributed by atoms with Crippen molar-refractivity contribution in [3.05, 3.63) is 100 Å². The molecule has 0 fully saturated rings. The van der Waals surface area contributed by atoms with E-state index in [1.165, 1.54) is 26.0 Å². The predicted molar refractivity (Wildman–Crippen MR) is 139 cm³/mol. The summed E-state index contributed by atoms with van der Waals surface area (Å²) in [6, 6.07) is 15.0. The van der Waals surface area contributed by atoms with E-state index in [1.807, 2.05) is 36.1 Å². The molecular weight excluding hydrogens is 493 g/mol. The van der Waals surface area contributed by atoms with E-state index in [9.17, 15) is 9.18 Å². The summed E-state index contributed by atoms with van der Waals surface area (Å²) in [5.41, 5.74) is 1.56. The minimum Gasteiger partial charge on any atom is -0.489 e. The first-order valence-electron chi connectivity index (χ1n) is 12.5. The van der Waals surface area contributed by atoms with Crippen LogP contribution in [0.3, 0.4) is 0 Å². The Labute approximate surface area is 218 Å². The number of nitrogens with zero attached hydrogens (tertiary/aromatic N) is 1. The molecular formula is C30H29F3N2O3. The Bertz CT molecular complexity index is 1470. The summed E-state index contributed by atoms with van der Waals surface area (Å²) >= 11 is 0. The third-order valence-corrected chi connectivity index (χ3v) is 7.01. The summed E-state index contributed by atoms with van der Waals surface area (Å²) in [6.45, 7) is 4.88. The number of fused-ring (bicyclic) bond motifs is 3. The van der Waals surface area contributed by atoms with Crippen LogP contribution in [0.15, 0.2) is 60.7 Å². The summed E-state index contributed by atoms with van der Waals surface area (Å²) in [5.74, 6) is -2.61. The van der Waals surface area contributed by atoms with Crippen LogP contribution >= 0.6 is 0 Å². The minimum absolute atomic E-state index is 0.00287. The Hall–Kier alpha value is -3.78. The van der Waals surface area contributed by atoms with E-state index in [1.54, 1.807) is 12.1 Å². The number of aromatic amines is 1. The van der Waals surface area contributed by atoms with Crippen LogP contribution in [0.2, 0.25) is 0 Å². The number of rotatable bonds is 7. The van der Waals surface area contributed by atoms with Gasteiger partial charge in [0.25, 0.3) is 0 Å². The number of H-pyrrole nitrogens is 1. The van der Waals surface area contributed by atoms with Gasteiger partial charge in [-0.1, -0.05) is 30.3 Å².